The fourth-order valence-corrected chi connectivity index (χ4v) is 3.32. The van der Waals surface area contributed by atoms with E-state index in [1.165, 1.54) is 5.56 Å². The molecule has 2 atom stereocenters. The second kappa shape index (κ2) is 6.37. The van der Waals surface area contributed by atoms with Gasteiger partial charge in [-0.1, -0.05) is 30.3 Å². The fourth-order valence-electron chi connectivity index (χ4n) is 3.32. The molecule has 6 nitrogen and oxygen atoms in total. The van der Waals surface area contributed by atoms with Crippen molar-refractivity contribution < 1.29 is 5.11 Å². The molecule has 0 bridgehead atoms. The highest BCUT2D eigenvalue weighted by molar-refractivity contribution is 5.16. The number of likely N-dealkylation sites (tertiary alicyclic amines) is 1. The Labute approximate surface area is 137 Å². The standard InChI is InChI=1S/C17H25N5O/c1-17(2,3)22-16(18-19-20-22)15-10-9-14(12-23)21(15)11-13-7-5-4-6-8-13/h4-8,14-15,23H,9-12H2,1-3H3/t14-,15-/m0/s1. The maximum atomic E-state index is 9.76. The molecule has 6 heteroatoms. The first-order chi connectivity index (χ1) is 11.0. The van der Waals surface area contributed by atoms with Crippen LogP contribution in [0.4, 0.5) is 0 Å². The summed E-state index contributed by atoms with van der Waals surface area (Å²) in [7, 11) is 0. The summed E-state index contributed by atoms with van der Waals surface area (Å²) in [4.78, 5) is 2.34. The van der Waals surface area contributed by atoms with Crippen LogP contribution in [-0.2, 0) is 12.1 Å². The number of tetrazole rings is 1. The van der Waals surface area contributed by atoms with Gasteiger partial charge in [-0.15, -0.1) is 5.10 Å². The highest BCUT2D eigenvalue weighted by Gasteiger charge is 2.38. The summed E-state index contributed by atoms with van der Waals surface area (Å²) in [6.07, 6.45) is 1.93. The lowest BCUT2D eigenvalue weighted by molar-refractivity contribution is 0.114. The minimum Gasteiger partial charge on any atom is -0.395 e. The largest absolute Gasteiger partial charge is 0.395 e. The van der Waals surface area contributed by atoms with Crippen LogP contribution in [0.25, 0.3) is 0 Å². The van der Waals surface area contributed by atoms with Crippen molar-refractivity contribution in [1.82, 2.24) is 25.1 Å². The van der Waals surface area contributed by atoms with Crippen molar-refractivity contribution in [1.29, 1.82) is 0 Å². The fraction of sp³-hybridized carbons (Fsp3) is 0.588. The molecule has 23 heavy (non-hydrogen) atoms. The third kappa shape index (κ3) is 3.28. The maximum Gasteiger partial charge on any atom is 0.168 e. The van der Waals surface area contributed by atoms with Gasteiger partial charge in [-0.3, -0.25) is 4.90 Å². The molecule has 1 aliphatic rings. The summed E-state index contributed by atoms with van der Waals surface area (Å²) in [5.41, 5.74) is 1.08. The van der Waals surface area contributed by atoms with Gasteiger partial charge in [0.25, 0.3) is 0 Å². The normalized spacial score (nSPS) is 22.6. The lowest BCUT2D eigenvalue weighted by atomic mass is 10.1. The van der Waals surface area contributed by atoms with Gasteiger partial charge in [0.2, 0.25) is 0 Å². The second-order valence-corrected chi connectivity index (χ2v) is 7.21. The summed E-state index contributed by atoms with van der Waals surface area (Å²) in [6.45, 7) is 7.28. The smallest absolute Gasteiger partial charge is 0.168 e. The number of rotatable bonds is 4. The second-order valence-electron chi connectivity index (χ2n) is 7.21. The zero-order chi connectivity index (χ0) is 16.4. The molecule has 0 saturated carbocycles. The lowest BCUT2D eigenvalue weighted by Crippen LogP contribution is -2.36. The van der Waals surface area contributed by atoms with Gasteiger partial charge in [0.15, 0.2) is 5.82 Å². The van der Waals surface area contributed by atoms with Gasteiger partial charge in [0.05, 0.1) is 18.2 Å². The number of aliphatic hydroxyl groups is 1. The maximum absolute atomic E-state index is 9.76. The SMILES string of the molecule is CC(C)(C)n1nnnc1[C@@H]1CC[C@@H](CO)N1Cc1ccccc1. The number of aromatic nitrogens is 4. The summed E-state index contributed by atoms with van der Waals surface area (Å²) in [6, 6.07) is 10.7. The molecule has 0 spiro atoms. The number of hydrogen-bond acceptors (Lipinski definition) is 5. The molecule has 2 aromatic rings. The summed E-state index contributed by atoms with van der Waals surface area (Å²) in [5, 5.41) is 22.2. The van der Waals surface area contributed by atoms with Crippen LogP contribution < -0.4 is 0 Å². The zero-order valence-electron chi connectivity index (χ0n) is 14.1. The van der Waals surface area contributed by atoms with Crippen LogP contribution >= 0.6 is 0 Å². The Hall–Kier alpha value is -1.79. The summed E-state index contributed by atoms with van der Waals surface area (Å²) in [5.74, 6) is 0.893. The first kappa shape index (κ1) is 16.1. The minimum atomic E-state index is -0.158. The number of hydrogen-bond donors (Lipinski definition) is 1. The van der Waals surface area contributed by atoms with E-state index in [1.807, 2.05) is 22.9 Å². The van der Waals surface area contributed by atoms with Crippen LogP contribution in [0.15, 0.2) is 30.3 Å². The number of aliphatic hydroxyl groups excluding tert-OH is 1. The lowest BCUT2D eigenvalue weighted by Gasteiger charge is -2.30. The van der Waals surface area contributed by atoms with Crippen molar-refractivity contribution in [3.8, 4) is 0 Å². The Kier molecular flexibility index (Phi) is 4.46. The first-order valence-corrected chi connectivity index (χ1v) is 8.20. The first-order valence-electron chi connectivity index (χ1n) is 8.20. The van der Waals surface area contributed by atoms with Crippen molar-refractivity contribution in [2.45, 2.75) is 57.8 Å². The van der Waals surface area contributed by atoms with Gasteiger partial charge in [-0.2, -0.15) is 0 Å². The molecular weight excluding hydrogens is 290 g/mol. The van der Waals surface area contributed by atoms with Crippen LogP contribution in [0.3, 0.4) is 0 Å². The molecule has 0 amide bonds. The Bertz CT molecular complexity index is 634. The van der Waals surface area contributed by atoms with E-state index in [4.69, 9.17) is 0 Å². The molecule has 1 saturated heterocycles. The van der Waals surface area contributed by atoms with Gasteiger partial charge in [-0.25, -0.2) is 4.68 Å². The highest BCUT2D eigenvalue weighted by Crippen LogP contribution is 2.37. The molecule has 2 heterocycles. The van der Waals surface area contributed by atoms with Crippen LogP contribution in [-0.4, -0.2) is 42.9 Å². The quantitative estimate of drug-likeness (QED) is 0.936. The third-order valence-corrected chi connectivity index (χ3v) is 4.49. The molecule has 1 fully saturated rings. The number of nitrogens with zero attached hydrogens (tertiary/aromatic N) is 5. The van der Waals surface area contributed by atoms with E-state index in [9.17, 15) is 5.11 Å². The predicted octanol–water partition coefficient (Wildman–Crippen LogP) is 2.13. The Morgan fingerprint density at radius 2 is 1.91 bits per heavy atom. The van der Waals surface area contributed by atoms with E-state index < -0.39 is 0 Å². The minimum absolute atomic E-state index is 0.140. The van der Waals surface area contributed by atoms with E-state index in [-0.39, 0.29) is 24.2 Å². The molecule has 1 N–H and O–H groups in total. The average Bonchev–Trinajstić information content (AvgIpc) is 3.14. The average molecular weight is 315 g/mol. The van der Waals surface area contributed by atoms with E-state index in [1.54, 1.807) is 0 Å². The molecule has 1 aromatic carbocycles. The topological polar surface area (TPSA) is 67.1 Å². The van der Waals surface area contributed by atoms with E-state index in [2.05, 4.69) is 53.3 Å². The Morgan fingerprint density at radius 1 is 1.17 bits per heavy atom. The van der Waals surface area contributed by atoms with Crippen molar-refractivity contribution >= 4 is 0 Å². The molecule has 124 valence electrons. The van der Waals surface area contributed by atoms with Gasteiger partial charge >= 0.3 is 0 Å². The Morgan fingerprint density at radius 3 is 2.57 bits per heavy atom. The van der Waals surface area contributed by atoms with Crippen molar-refractivity contribution in [3.05, 3.63) is 41.7 Å². The zero-order valence-corrected chi connectivity index (χ0v) is 14.1. The predicted molar refractivity (Wildman–Crippen MR) is 87.6 cm³/mol. The van der Waals surface area contributed by atoms with Crippen molar-refractivity contribution in [2.24, 2.45) is 0 Å². The highest BCUT2D eigenvalue weighted by atomic mass is 16.3. The van der Waals surface area contributed by atoms with Crippen molar-refractivity contribution in [3.63, 3.8) is 0 Å². The third-order valence-electron chi connectivity index (χ3n) is 4.49. The summed E-state index contributed by atoms with van der Waals surface area (Å²) >= 11 is 0. The van der Waals surface area contributed by atoms with Gasteiger partial charge in [-0.05, 0) is 49.6 Å². The van der Waals surface area contributed by atoms with Gasteiger partial charge < -0.3 is 5.11 Å². The molecule has 1 aromatic heterocycles. The van der Waals surface area contributed by atoms with Crippen LogP contribution in [0.5, 0.6) is 0 Å². The van der Waals surface area contributed by atoms with Crippen molar-refractivity contribution in [2.75, 3.05) is 6.61 Å². The Balaban J connectivity index is 1.90. The summed E-state index contributed by atoms with van der Waals surface area (Å²) < 4.78 is 1.91. The van der Waals surface area contributed by atoms with Crippen LogP contribution in [0, 0.1) is 0 Å². The molecule has 3 rings (SSSR count). The van der Waals surface area contributed by atoms with E-state index in [0.717, 1.165) is 25.2 Å². The monoisotopic (exact) mass is 315 g/mol. The molecule has 1 aliphatic heterocycles. The van der Waals surface area contributed by atoms with E-state index >= 15 is 0 Å². The van der Waals surface area contributed by atoms with Crippen LogP contribution in [0.1, 0.15) is 51.0 Å². The molecule has 0 aliphatic carbocycles. The molecule has 0 radical (unpaired) electrons. The molecule has 0 unspecified atom stereocenters. The van der Waals surface area contributed by atoms with Gasteiger partial charge in [0.1, 0.15) is 0 Å². The van der Waals surface area contributed by atoms with E-state index in [0.29, 0.717) is 0 Å². The van der Waals surface area contributed by atoms with Crippen LogP contribution in [0.2, 0.25) is 0 Å². The molecular formula is C17H25N5O. The van der Waals surface area contributed by atoms with Gasteiger partial charge in [0, 0.05) is 12.6 Å². The number of benzene rings is 1.